The number of fused-ring (bicyclic) bond motifs is 1. The van der Waals surface area contributed by atoms with Crippen molar-refractivity contribution in [2.75, 3.05) is 13.2 Å². The third-order valence-electron chi connectivity index (χ3n) is 4.82. The maximum Gasteiger partial charge on any atom is 0.123 e. The smallest absolute Gasteiger partial charge is 0.123 e. The zero-order valence-electron chi connectivity index (χ0n) is 14.9. The Labute approximate surface area is 157 Å². The number of aromatic nitrogens is 1. The molecule has 5 heteroatoms. The van der Waals surface area contributed by atoms with Gasteiger partial charge < -0.3 is 15.2 Å². The molecule has 1 aromatic heterocycles. The summed E-state index contributed by atoms with van der Waals surface area (Å²) < 4.78 is 19.0. The van der Waals surface area contributed by atoms with E-state index in [2.05, 4.69) is 10.3 Å². The number of pyridine rings is 1. The molecule has 0 saturated heterocycles. The largest absolute Gasteiger partial charge is 0.508 e. The van der Waals surface area contributed by atoms with E-state index in [4.69, 9.17) is 4.74 Å². The molecule has 1 aliphatic rings. The first-order chi connectivity index (χ1) is 13.2. The zero-order valence-corrected chi connectivity index (χ0v) is 14.9. The van der Waals surface area contributed by atoms with E-state index in [0.717, 1.165) is 34.2 Å². The second-order valence-corrected chi connectivity index (χ2v) is 6.68. The van der Waals surface area contributed by atoms with Crippen LogP contribution in [0.3, 0.4) is 0 Å². The van der Waals surface area contributed by atoms with Gasteiger partial charge in [0.2, 0.25) is 0 Å². The lowest BCUT2D eigenvalue weighted by molar-refractivity contribution is 0.0405. The molecule has 2 aromatic carbocycles. The van der Waals surface area contributed by atoms with Gasteiger partial charge in [0.1, 0.15) is 11.6 Å². The van der Waals surface area contributed by atoms with Crippen LogP contribution in [0.15, 0.2) is 60.9 Å². The molecule has 4 rings (SSSR count). The molecule has 4 nitrogen and oxygen atoms in total. The minimum Gasteiger partial charge on any atom is -0.508 e. The van der Waals surface area contributed by atoms with Crippen LogP contribution in [0.1, 0.15) is 22.8 Å². The van der Waals surface area contributed by atoms with E-state index in [1.165, 1.54) is 12.1 Å². The van der Waals surface area contributed by atoms with Gasteiger partial charge in [-0.1, -0.05) is 24.3 Å². The van der Waals surface area contributed by atoms with Crippen LogP contribution in [0.5, 0.6) is 5.75 Å². The fourth-order valence-electron chi connectivity index (χ4n) is 3.48. The maximum atomic E-state index is 13.1. The summed E-state index contributed by atoms with van der Waals surface area (Å²) in [5, 5.41) is 13.6. The van der Waals surface area contributed by atoms with E-state index < -0.39 is 0 Å². The van der Waals surface area contributed by atoms with Crippen molar-refractivity contribution in [1.29, 1.82) is 0 Å². The number of rotatable bonds is 5. The Morgan fingerprint density at radius 1 is 1.11 bits per heavy atom. The van der Waals surface area contributed by atoms with Crippen LogP contribution in [0.2, 0.25) is 0 Å². The number of halogens is 1. The minimum atomic E-state index is -0.249. The number of ether oxygens (including phenoxy) is 1. The monoisotopic (exact) mass is 364 g/mol. The quantitative estimate of drug-likeness (QED) is 0.719. The van der Waals surface area contributed by atoms with Gasteiger partial charge in [0.15, 0.2) is 0 Å². The summed E-state index contributed by atoms with van der Waals surface area (Å²) in [5.74, 6) is 0.0412. The third-order valence-corrected chi connectivity index (χ3v) is 4.82. The predicted molar refractivity (Wildman–Crippen MR) is 102 cm³/mol. The first kappa shape index (κ1) is 17.6. The number of phenolic OH excluding ortho intramolecular Hbond substituents is 1. The van der Waals surface area contributed by atoms with Crippen molar-refractivity contribution in [2.45, 2.75) is 19.1 Å². The third kappa shape index (κ3) is 3.99. The number of nitrogens with one attached hydrogen (secondary N) is 1. The topological polar surface area (TPSA) is 54.4 Å². The normalized spacial score (nSPS) is 16.1. The second kappa shape index (κ2) is 7.86. The van der Waals surface area contributed by atoms with Gasteiger partial charge in [-0.05, 0) is 47.4 Å². The highest BCUT2D eigenvalue weighted by molar-refractivity contribution is 5.62. The SMILES string of the molecule is Oc1cccc2c1C(CNCc1cncc(-c3ccc(F)cc3)c1)OCC2. The Morgan fingerprint density at radius 2 is 1.96 bits per heavy atom. The van der Waals surface area contributed by atoms with E-state index in [9.17, 15) is 9.50 Å². The molecular weight excluding hydrogens is 343 g/mol. The van der Waals surface area contributed by atoms with Crippen LogP contribution in [-0.2, 0) is 17.7 Å². The van der Waals surface area contributed by atoms with Gasteiger partial charge in [-0.15, -0.1) is 0 Å². The molecule has 27 heavy (non-hydrogen) atoms. The van der Waals surface area contributed by atoms with Crippen molar-refractivity contribution in [3.8, 4) is 16.9 Å². The Bertz CT molecular complexity index is 928. The van der Waals surface area contributed by atoms with Crippen LogP contribution in [0.25, 0.3) is 11.1 Å². The molecule has 138 valence electrons. The summed E-state index contributed by atoms with van der Waals surface area (Å²) in [6.07, 6.45) is 4.25. The predicted octanol–water partition coefficient (Wildman–Crippen LogP) is 4.00. The molecule has 0 bridgehead atoms. The number of nitrogens with zero attached hydrogens (tertiary/aromatic N) is 1. The van der Waals surface area contributed by atoms with Gasteiger partial charge in [0.25, 0.3) is 0 Å². The van der Waals surface area contributed by atoms with Crippen LogP contribution < -0.4 is 5.32 Å². The van der Waals surface area contributed by atoms with Crippen molar-refractivity contribution >= 4 is 0 Å². The van der Waals surface area contributed by atoms with E-state index >= 15 is 0 Å². The molecule has 0 spiro atoms. The highest BCUT2D eigenvalue weighted by atomic mass is 19.1. The van der Waals surface area contributed by atoms with Gasteiger partial charge in [0, 0.05) is 36.6 Å². The Kier molecular flexibility index (Phi) is 5.14. The lowest BCUT2D eigenvalue weighted by Gasteiger charge is -2.27. The van der Waals surface area contributed by atoms with E-state index in [0.29, 0.717) is 25.4 Å². The lowest BCUT2D eigenvalue weighted by atomic mass is 9.96. The highest BCUT2D eigenvalue weighted by Crippen LogP contribution is 2.33. The van der Waals surface area contributed by atoms with Crippen LogP contribution in [-0.4, -0.2) is 23.2 Å². The number of hydrogen-bond acceptors (Lipinski definition) is 4. The standard InChI is InChI=1S/C22H21FN2O2/c23-19-6-4-16(5-7-19)18-10-15(11-24-13-18)12-25-14-21-22-17(8-9-27-21)2-1-3-20(22)26/h1-7,10-11,13,21,25-26H,8-9,12,14H2. The molecule has 2 N–H and O–H groups in total. The van der Waals surface area contributed by atoms with Crippen LogP contribution in [0, 0.1) is 5.82 Å². The van der Waals surface area contributed by atoms with Crippen LogP contribution in [0.4, 0.5) is 4.39 Å². The summed E-state index contributed by atoms with van der Waals surface area (Å²) in [6.45, 7) is 1.89. The van der Waals surface area contributed by atoms with Gasteiger partial charge >= 0.3 is 0 Å². The number of benzene rings is 2. The Hall–Kier alpha value is -2.76. The molecule has 1 unspecified atom stereocenters. The summed E-state index contributed by atoms with van der Waals surface area (Å²) in [5.41, 5.74) is 4.94. The maximum absolute atomic E-state index is 13.1. The number of aromatic hydroxyl groups is 1. The molecule has 1 aliphatic heterocycles. The summed E-state index contributed by atoms with van der Waals surface area (Å²) >= 11 is 0. The summed E-state index contributed by atoms with van der Waals surface area (Å²) in [7, 11) is 0. The highest BCUT2D eigenvalue weighted by Gasteiger charge is 2.23. The molecule has 1 atom stereocenters. The Morgan fingerprint density at radius 3 is 2.81 bits per heavy atom. The van der Waals surface area contributed by atoms with Gasteiger partial charge in [0.05, 0.1) is 12.7 Å². The van der Waals surface area contributed by atoms with Crippen molar-refractivity contribution in [3.05, 3.63) is 83.4 Å². The first-order valence-corrected chi connectivity index (χ1v) is 9.03. The Balaban J connectivity index is 1.42. The van der Waals surface area contributed by atoms with Crippen molar-refractivity contribution in [3.63, 3.8) is 0 Å². The first-order valence-electron chi connectivity index (χ1n) is 9.03. The van der Waals surface area contributed by atoms with Crippen molar-refractivity contribution < 1.29 is 14.2 Å². The van der Waals surface area contributed by atoms with Crippen LogP contribution >= 0.6 is 0 Å². The van der Waals surface area contributed by atoms with Gasteiger partial charge in [-0.3, -0.25) is 4.98 Å². The minimum absolute atomic E-state index is 0.164. The molecule has 0 amide bonds. The van der Waals surface area contributed by atoms with Gasteiger partial charge in [-0.2, -0.15) is 0 Å². The van der Waals surface area contributed by atoms with E-state index in [1.807, 2.05) is 24.4 Å². The van der Waals surface area contributed by atoms with Gasteiger partial charge in [-0.25, -0.2) is 4.39 Å². The molecule has 3 aromatic rings. The average molecular weight is 364 g/mol. The van der Waals surface area contributed by atoms with E-state index in [1.54, 1.807) is 24.4 Å². The molecule has 2 heterocycles. The average Bonchev–Trinajstić information content (AvgIpc) is 2.69. The zero-order chi connectivity index (χ0) is 18.6. The van der Waals surface area contributed by atoms with E-state index in [-0.39, 0.29) is 11.9 Å². The second-order valence-electron chi connectivity index (χ2n) is 6.68. The summed E-state index contributed by atoms with van der Waals surface area (Å²) in [4.78, 5) is 4.29. The lowest BCUT2D eigenvalue weighted by Crippen LogP contribution is -2.27. The fourth-order valence-corrected chi connectivity index (χ4v) is 3.48. The van der Waals surface area contributed by atoms with Crippen molar-refractivity contribution in [2.24, 2.45) is 0 Å². The number of phenols is 1. The molecular formula is C22H21FN2O2. The summed E-state index contributed by atoms with van der Waals surface area (Å²) in [6, 6.07) is 14.1. The molecule has 0 fully saturated rings. The molecule has 0 aliphatic carbocycles. The molecule has 0 radical (unpaired) electrons. The fraction of sp³-hybridized carbons (Fsp3) is 0.227. The number of hydrogen-bond donors (Lipinski definition) is 2. The molecule has 0 saturated carbocycles. The van der Waals surface area contributed by atoms with Crippen molar-refractivity contribution in [1.82, 2.24) is 10.3 Å².